The summed E-state index contributed by atoms with van der Waals surface area (Å²) in [5.74, 6) is -0.0108. The minimum atomic E-state index is -0.151. The fourth-order valence-corrected chi connectivity index (χ4v) is 2.76. The second kappa shape index (κ2) is 7.75. The van der Waals surface area contributed by atoms with Crippen LogP contribution in [0.4, 0.5) is 11.4 Å². The molecule has 124 valence electrons. The van der Waals surface area contributed by atoms with Crippen LogP contribution in [0.25, 0.3) is 0 Å². The lowest BCUT2D eigenvalue weighted by Crippen LogP contribution is -2.34. The van der Waals surface area contributed by atoms with Crippen LogP contribution in [0.5, 0.6) is 0 Å². The van der Waals surface area contributed by atoms with E-state index in [1.165, 1.54) is 0 Å². The van der Waals surface area contributed by atoms with Crippen LogP contribution in [0.3, 0.4) is 0 Å². The fourth-order valence-electron chi connectivity index (χ4n) is 2.76. The summed E-state index contributed by atoms with van der Waals surface area (Å²) in [6.07, 6.45) is 1.74. The van der Waals surface area contributed by atoms with E-state index in [0.717, 1.165) is 31.6 Å². The summed E-state index contributed by atoms with van der Waals surface area (Å²) >= 11 is 0. The number of carbonyl (C=O) groups is 2. The van der Waals surface area contributed by atoms with Crippen molar-refractivity contribution in [2.24, 2.45) is 5.92 Å². The number of hydrogen-bond acceptors (Lipinski definition) is 3. The Morgan fingerprint density at radius 1 is 0.833 bits per heavy atom. The van der Waals surface area contributed by atoms with Crippen molar-refractivity contribution in [2.45, 2.75) is 12.8 Å². The normalized spacial score (nSPS) is 14.8. The zero-order valence-corrected chi connectivity index (χ0v) is 13.4. The van der Waals surface area contributed by atoms with Crippen LogP contribution in [0, 0.1) is 5.92 Å². The van der Waals surface area contributed by atoms with Gasteiger partial charge in [0, 0.05) is 22.9 Å². The van der Waals surface area contributed by atoms with Crippen molar-refractivity contribution < 1.29 is 9.59 Å². The van der Waals surface area contributed by atoms with Gasteiger partial charge in [0.1, 0.15) is 0 Å². The SMILES string of the molecule is O=C(Nc1ccc(NC(=O)C2CCNCC2)cc1)c1ccccc1. The van der Waals surface area contributed by atoms with Gasteiger partial charge >= 0.3 is 0 Å². The van der Waals surface area contributed by atoms with Gasteiger partial charge in [-0.05, 0) is 62.3 Å². The van der Waals surface area contributed by atoms with Crippen LogP contribution >= 0.6 is 0 Å². The van der Waals surface area contributed by atoms with Crippen molar-refractivity contribution in [1.82, 2.24) is 5.32 Å². The van der Waals surface area contributed by atoms with Crippen LogP contribution in [-0.2, 0) is 4.79 Å². The van der Waals surface area contributed by atoms with Crippen LogP contribution in [-0.4, -0.2) is 24.9 Å². The molecule has 0 spiro atoms. The van der Waals surface area contributed by atoms with Crippen LogP contribution in [0.15, 0.2) is 54.6 Å². The summed E-state index contributed by atoms with van der Waals surface area (Å²) in [6, 6.07) is 16.3. The molecule has 24 heavy (non-hydrogen) atoms. The molecule has 1 fully saturated rings. The largest absolute Gasteiger partial charge is 0.326 e. The maximum Gasteiger partial charge on any atom is 0.255 e. The molecule has 2 aromatic rings. The first-order valence-corrected chi connectivity index (χ1v) is 8.20. The average Bonchev–Trinajstić information content (AvgIpc) is 2.65. The molecule has 1 heterocycles. The number of amides is 2. The lowest BCUT2D eigenvalue weighted by molar-refractivity contribution is -0.120. The molecular formula is C19H21N3O2. The zero-order valence-electron chi connectivity index (χ0n) is 13.4. The molecule has 0 bridgehead atoms. The van der Waals surface area contributed by atoms with Gasteiger partial charge in [0.2, 0.25) is 5.91 Å². The van der Waals surface area contributed by atoms with E-state index in [9.17, 15) is 9.59 Å². The van der Waals surface area contributed by atoms with Gasteiger partial charge in [-0.15, -0.1) is 0 Å². The Balaban J connectivity index is 1.57. The molecule has 2 aromatic carbocycles. The van der Waals surface area contributed by atoms with Crippen molar-refractivity contribution in [3.8, 4) is 0 Å². The van der Waals surface area contributed by atoms with Gasteiger partial charge < -0.3 is 16.0 Å². The predicted molar refractivity (Wildman–Crippen MR) is 95.1 cm³/mol. The van der Waals surface area contributed by atoms with E-state index in [4.69, 9.17) is 0 Å². The monoisotopic (exact) mass is 323 g/mol. The van der Waals surface area contributed by atoms with Gasteiger partial charge in [0.25, 0.3) is 5.91 Å². The highest BCUT2D eigenvalue weighted by Gasteiger charge is 2.20. The number of hydrogen-bond donors (Lipinski definition) is 3. The molecule has 0 unspecified atom stereocenters. The van der Waals surface area contributed by atoms with Crippen molar-refractivity contribution in [2.75, 3.05) is 23.7 Å². The summed E-state index contributed by atoms with van der Waals surface area (Å²) in [6.45, 7) is 1.78. The number of nitrogens with one attached hydrogen (secondary N) is 3. The Morgan fingerprint density at radius 3 is 2.04 bits per heavy atom. The molecular weight excluding hydrogens is 302 g/mol. The smallest absolute Gasteiger partial charge is 0.255 e. The number of piperidine rings is 1. The first kappa shape index (κ1) is 16.2. The van der Waals surface area contributed by atoms with Crippen LogP contribution in [0.2, 0.25) is 0 Å². The Bertz CT molecular complexity index is 692. The fraction of sp³-hybridized carbons (Fsp3) is 0.263. The van der Waals surface area contributed by atoms with Crippen molar-refractivity contribution in [1.29, 1.82) is 0 Å². The topological polar surface area (TPSA) is 70.2 Å². The van der Waals surface area contributed by atoms with Gasteiger partial charge in [-0.3, -0.25) is 9.59 Å². The summed E-state index contributed by atoms with van der Waals surface area (Å²) in [7, 11) is 0. The van der Waals surface area contributed by atoms with Gasteiger partial charge in [-0.2, -0.15) is 0 Å². The van der Waals surface area contributed by atoms with Crippen LogP contribution < -0.4 is 16.0 Å². The lowest BCUT2D eigenvalue weighted by Gasteiger charge is -2.21. The molecule has 3 rings (SSSR count). The minimum absolute atomic E-state index is 0.0672. The minimum Gasteiger partial charge on any atom is -0.326 e. The highest BCUT2D eigenvalue weighted by Crippen LogP contribution is 2.18. The molecule has 2 amide bonds. The molecule has 5 heteroatoms. The van der Waals surface area contributed by atoms with E-state index in [0.29, 0.717) is 11.3 Å². The average molecular weight is 323 g/mol. The van der Waals surface area contributed by atoms with E-state index in [1.54, 1.807) is 36.4 Å². The third-order valence-electron chi connectivity index (χ3n) is 4.16. The second-order valence-corrected chi connectivity index (χ2v) is 5.91. The van der Waals surface area contributed by atoms with Gasteiger partial charge in [0.05, 0.1) is 0 Å². The number of carbonyl (C=O) groups excluding carboxylic acids is 2. The van der Waals surface area contributed by atoms with Crippen LogP contribution in [0.1, 0.15) is 23.2 Å². The van der Waals surface area contributed by atoms with E-state index in [2.05, 4.69) is 16.0 Å². The quantitative estimate of drug-likeness (QED) is 0.810. The number of anilines is 2. The predicted octanol–water partition coefficient (Wildman–Crippen LogP) is 2.88. The van der Waals surface area contributed by atoms with Crippen molar-refractivity contribution in [3.05, 3.63) is 60.2 Å². The van der Waals surface area contributed by atoms with Crippen molar-refractivity contribution >= 4 is 23.2 Å². The molecule has 0 saturated carbocycles. The van der Waals surface area contributed by atoms with Crippen molar-refractivity contribution in [3.63, 3.8) is 0 Å². The van der Waals surface area contributed by atoms with E-state index < -0.39 is 0 Å². The van der Waals surface area contributed by atoms with E-state index in [-0.39, 0.29) is 17.7 Å². The molecule has 1 aliphatic heterocycles. The lowest BCUT2D eigenvalue weighted by atomic mass is 9.97. The number of rotatable bonds is 4. The third-order valence-corrected chi connectivity index (χ3v) is 4.16. The Kier molecular flexibility index (Phi) is 5.23. The van der Waals surface area contributed by atoms with Gasteiger partial charge in [-0.25, -0.2) is 0 Å². The molecule has 3 N–H and O–H groups in total. The molecule has 5 nitrogen and oxygen atoms in total. The molecule has 0 aliphatic carbocycles. The first-order valence-electron chi connectivity index (χ1n) is 8.20. The Hall–Kier alpha value is -2.66. The Morgan fingerprint density at radius 2 is 1.42 bits per heavy atom. The summed E-state index contributed by atoms with van der Waals surface area (Å²) in [5.41, 5.74) is 2.06. The zero-order chi connectivity index (χ0) is 16.8. The first-order chi connectivity index (χ1) is 11.7. The highest BCUT2D eigenvalue weighted by molar-refractivity contribution is 6.04. The van der Waals surface area contributed by atoms with E-state index >= 15 is 0 Å². The molecule has 0 aromatic heterocycles. The van der Waals surface area contributed by atoms with Gasteiger partial charge in [-0.1, -0.05) is 18.2 Å². The van der Waals surface area contributed by atoms with E-state index in [1.807, 2.05) is 18.2 Å². The molecule has 0 radical (unpaired) electrons. The summed E-state index contributed by atoms with van der Waals surface area (Å²) < 4.78 is 0. The summed E-state index contributed by atoms with van der Waals surface area (Å²) in [5, 5.41) is 9.04. The summed E-state index contributed by atoms with van der Waals surface area (Å²) in [4.78, 5) is 24.3. The second-order valence-electron chi connectivity index (χ2n) is 5.91. The number of benzene rings is 2. The maximum atomic E-state index is 12.2. The molecule has 1 saturated heterocycles. The maximum absolute atomic E-state index is 12.2. The standard InChI is InChI=1S/C19H21N3O2/c23-18(14-4-2-1-3-5-14)21-16-6-8-17(9-7-16)22-19(24)15-10-12-20-13-11-15/h1-9,15,20H,10-13H2,(H,21,23)(H,22,24). The Labute approximate surface area is 141 Å². The molecule has 1 aliphatic rings. The molecule has 0 atom stereocenters. The highest BCUT2D eigenvalue weighted by atomic mass is 16.2. The third kappa shape index (κ3) is 4.20. The van der Waals surface area contributed by atoms with Gasteiger partial charge in [0.15, 0.2) is 0 Å².